The number of aliphatic hydroxyl groups is 1. The van der Waals surface area contributed by atoms with Crippen molar-refractivity contribution in [2.45, 2.75) is 44.8 Å². The summed E-state index contributed by atoms with van der Waals surface area (Å²) in [5.74, 6) is 0. The Kier molecular flexibility index (Phi) is 6.05. The third kappa shape index (κ3) is 5.52. The number of carbonyl (C=O) groups is 1. The number of benzene rings is 1. The van der Waals surface area contributed by atoms with Crippen LogP contribution in [0.15, 0.2) is 24.3 Å². The number of hydrogen-bond acceptors (Lipinski definition) is 6. The first kappa shape index (κ1) is 20.7. The maximum Gasteiger partial charge on any atom is 0.410 e. The third-order valence-corrected chi connectivity index (χ3v) is 5.49. The summed E-state index contributed by atoms with van der Waals surface area (Å²) < 4.78 is 5.44. The monoisotopic (exact) mass is 390 g/mol. The van der Waals surface area contributed by atoms with Crippen molar-refractivity contribution in [1.82, 2.24) is 9.80 Å². The second-order valence-electron chi connectivity index (χ2n) is 9.05. The van der Waals surface area contributed by atoms with Crippen LogP contribution in [-0.2, 0) is 4.74 Å². The number of likely N-dealkylation sites (tertiary alicyclic amines) is 1. The molecule has 7 heteroatoms. The van der Waals surface area contributed by atoms with Crippen molar-refractivity contribution in [2.24, 2.45) is 0 Å². The summed E-state index contributed by atoms with van der Waals surface area (Å²) in [5.41, 5.74) is 6.52. The van der Waals surface area contributed by atoms with Gasteiger partial charge in [-0.15, -0.1) is 0 Å². The minimum Gasteiger partial charge on any atom is -0.444 e. The van der Waals surface area contributed by atoms with E-state index in [4.69, 9.17) is 10.5 Å². The lowest BCUT2D eigenvalue weighted by Crippen LogP contribution is -2.56. The predicted molar refractivity (Wildman–Crippen MR) is 111 cm³/mol. The van der Waals surface area contributed by atoms with Crippen LogP contribution in [0.25, 0.3) is 0 Å². The molecule has 2 heterocycles. The van der Waals surface area contributed by atoms with Crippen LogP contribution in [0.1, 0.15) is 33.6 Å². The maximum atomic E-state index is 12.2. The maximum absolute atomic E-state index is 12.2. The average Bonchev–Trinajstić information content (AvgIpc) is 2.62. The van der Waals surface area contributed by atoms with Crippen LogP contribution in [0.5, 0.6) is 0 Å². The molecule has 3 rings (SSSR count). The van der Waals surface area contributed by atoms with Gasteiger partial charge in [-0.05, 0) is 57.9 Å². The smallest absolute Gasteiger partial charge is 0.410 e. The van der Waals surface area contributed by atoms with Crippen LogP contribution < -0.4 is 10.6 Å². The molecule has 0 aromatic heterocycles. The molecule has 0 aliphatic carbocycles. The molecule has 2 aliphatic rings. The zero-order valence-corrected chi connectivity index (χ0v) is 17.4. The van der Waals surface area contributed by atoms with Gasteiger partial charge in [-0.1, -0.05) is 0 Å². The zero-order chi connectivity index (χ0) is 20.4. The molecule has 0 bridgehead atoms. The summed E-state index contributed by atoms with van der Waals surface area (Å²) in [6.07, 6.45) is 0.890. The van der Waals surface area contributed by atoms with Crippen molar-refractivity contribution in [2.75, 3.05) is 56.4 Å². The van der Waals surface area contributed by atoms with Crippen molar-refractivity contribution in [3.63, 3.8) is 0 Å². The second kappa shape index (κ2) is 8.17. The number of amides is 1. The predicted octanol–water partition coefficient (Wildman–Crippen LogP) is 2.15. The number of nitrogens with two attached hydrogens (primary N) is 1. The number of β-amino-alcohol motifs (C(OH)–C–C–N with tert-alkyl or cyclic N) is 1. The fourth-order valence-corrected chi connectivity index (χ4v) is 3.86. The Labute approximate surface area is 168 Å². The van der Waals surface area contributed by atoms with E-state index in [-0.39, 0.29) is 6.09 Å². The highest BCUT2D eigenvalue weighted by Gasteiger charge is 2.37. The molecule has 0 radical (unpaired) electrons. The van der Waals surface area contributed by atoms with E-state index >= 15 is 0 Å². The Hall–Kier alpha value is -1.99. The third-order valence-electron chi connectivity index (χ3n) is 5.49. The minimum absolute atomic E-state index is 0.285. The molecule has 28 heavy (non-hydrogen) atoms. The number of anilines is 2. The molecule has 1 aromatic rings. The van der Waals surface area contributed by atoms with Crippen molar-refractivity contribution in [3.8, 4) is 0 Å². The quantitative estimate of drug-likeness (QED) is 0.770. The minimum atomic E-state index is -0.734. The lowest BCUT2D eigenvalue weighted by molar-refractivity contribution is -0.0507. The summed E-state index contributed by atoms with van der Waals surface area (Å²) in [6, 6.07) is 7.99. The Morgan fingerprint density at radius 2 is 1.64 bits per heavy atom. The average molecular weight is 391 g/mol. The Bertz CT molecular complexity index is 655. The van der Waals surface area contributed by atoms with Crippen molar-refractivity contribution in [1.29, 1.82) is 0 Å². The molecule has 0 atom stereocenters. The first-order valence-electron chi connectivity index (χ1n) is 10.2. The molecule has 2 saturated heterocycles. The SMILES string of the molecule is CC(C)(C)OC(=O)N1CCC(O)(CN2CCN(c3ccc(N)cc3)CC2)CC1. The number of piperazine rings is 1. The molecule has 156 valence electrons. The topological polar surface area (TPSA) is 82.3 Å². The standard InChI is InChI=1S/C21H34N4O3/c1-20(2,3)28-19(26)25-10-8-21(27,9-11-25)16-23-12-14-24(15-13-23)18-6-4-17(22)5-7-18/h4-7,27H,8-16,22H2,1-3H3. The Balaban J connectivity index is 1.45. The number of nitrogens with zero attached hydrogens (tertiary/aromatic N) is 3. The van der Waals surface area contributed by atoms with Gasteiger partial charge in [0.15, 0.2) is 0 Å². The van der Waals surface area contributed by atoms with Crippen LogP contribution in [-0.4, -0.2) is 78.0 Å². The van der Waals surface area contributed by atoms with E-state index in [0.717, 1.165) is 31.9 Å². The van der Waals surface area contributed by atoms with Crippen LogP contribution in [0, 0.1) is 0 Å². The van der Waals surface area contributed by atoms with Gasteiger partial charge in [-0.2, -0.15) is 0 Å². The summed E-state index contributed by atoms with van der Waals surface area (Å²) in [4.78, 5) is 18.6. The number of nitrogen functional groups attached to an aromatic ring is 1. The second-order valence-corrected chi connectivity index (χ2v) is 9.05. The van der Waals surface area contributed by atoms with Crippen LogP contribution in [0.2, 0.25) is 0 Å². The molecule has 2 aliphatic heterocycles. The van der Waals surface area contributed by atoms with E-state index in [2.05, 4.69) is 21.9 Å². The van der Waals surface area contributed by atoms with Gasteiger partial charge in [0.2, 0.25) is 0 Å². The van der Waals surface area contributed by atoms with Crippen LogP contribution in [0.4, 0.5) is 16.2 Å². The number of carbonyl (C=O) groups excluding carboxylic acids is 1. The Morgan fingerprint density at radius 1 is 1.07 bits per heavy atom. The molecule has 1 amide bonds. The van der Waals surface area contributed by atoms with E-state index in [0.29, 0.717) is 32.5 Å². The van der Waals surface area contributed by atoms with Crippen molar-refractivity contribution < 1.29 is 14.6 Å². The van der Waals surface area contributed by atoms with Gasteiger partial charge >= 0.3 is 6.09 Å². The van der Waals surface area contributed by atoms with E-state index in [1.807, 2.05) is 32.9 Å². The highest BCUT2D eigenvalue weighted by molar-refractivity contribution is 5.68. The normalized spacial score (nSPS) is 20.9. The van der Waals surface area contributed by atoms with Gasteiger partial charge < -0.3 is 25.4 Å². The van der Waals surface area contributed by atoms with Crippen molar-refractivity contribution in [3.05, 3.63) is 24.3 Å². The summed E-state index contributed by atoms with van der Waals surface area (Å²) >= 11 is 0. The van der Waals surface area contributed by atoms with Gasteiger partial charge in [-0.25, -0.2) is 4.79 Å². The van der Waals surface area contributed by atoms with E-state index in [1.54, 1.807) is 4.90 Å². The van der Waals surface area contributed by atoms with Gasteiger partial charge in [0, 0.05) is 57.2 Å². The number of hydrogen-bond donors (Lipinski definition) is 2. The fourth-order valence-electron chi connectivity index (χ4n) is 3.86. The molecule has 1 aromatic carbocycles. The van der Waals surface area contributed by atoms with Gasteiger partial charge in [-0.3, -0.25) is 4.90 Å². The summed E-state index contributed by atoms with van der Waals surface area (Å²) in [6.45, 7) is 11.1. The molecular weight excluding hydrogens is 356 g/mol. The summed E-state index contributed by atoms with van der Waals surface area (Å²) in [7, 11) is 0. The molecule has 2 fully saturated rings. The van der Waals surface area contributed by atoms with Crippen molar-refractivity contribution >= 4 is 17.5 Å². The number of ether oxygens (including phenoxy) is 1. The molecule has 7 nitrogen and oxygen atoms in total. The first-order chi connectivity index (χ1) is 13.1. The largest absolute Gasteiger partial charge is 0.444 e. The van der Waals surface area contributed by atoms with Gasteiger partial charge in [0.05, 0.1) is 5.60 Å². The molecule has 0 spiro atoms. The van der Waals surface area contributed by atoms with Crippen LogP contribution in [0.3, 0.4) is 0 Å². The molecule has 0 unspecified atom stereocenters. The zero-order valence-electron chi connectivity index (χ0n) is 17.4. The van der Waals surface area contributed by atoms with Gasteiger partial charge in [0.1, 0.15) is 5.60 Å². The first-order valence-corrected chi connectivity index (χ1v) is 10.2. The van der Waals surface area contributed by atoms with E-state index < -0.39 is 11.2 Å². The van der Waals surface area contributed by atoms with Crippen LogP contribution >= 0.6 is 0 Å². The molecule has 0 saturated carbocycles. The number of rotatable bonds is 3. The molecular formula is C21H34N4O3. The van der Waals surface area contributed by atoms with E-state index in [1.165, 1.54) is 5.69 Å². The van der Waals surface area contributed by atoms with E-state index in [9.17, 15) is 9.90 Å². The van der Waals surface area contributed by atoms with Gasteiger partial charge in [0.25, 0.3) is 0 Å². The number of piperidine rings is 1. The molecule has 3 N–H and O–H groups in total. The fraction of sp³-hybridized carbons (Fsp3) is 0.667. The lowest BCUT2D eigenvalue weighted by Gasteiger charge is -2.43. The Morgan fingerprint density at radius 3 is 2.18 bits per heavy atom. The highest BCUT2D eigenvalue weighted by atomic mass is 16.6. The summed E-state index contributed by atoms with van der Waals surface area (Å²) in [5, 5.41) is 11.0. The lowest BCUT2D eigenvalue weighted by atomic mass is 9.90. The highest BCUT2D eigenvalue weighted by Crippen LogP contribution is 2.26.